The first-order valence-corrected chi connectivity index (χ1v) is 14.4. The van der Waals surface area contributed by atoms with Gasteiger partial charge < -0.3 is 15.0 Å². The Labute approximate surface area is 253 Å². The fourth-order valence-electron chi connectivity index (χ4n) is 5.80. The molecule has 5 aromatic rings. The minimum absolute atomic E-state index is 0.0180. The second kappa shape index (κ2) is 12.5. The number of rotatable bonds is 7. The Morgan fingerprint density at radius 2 is 1.64 bits per heavy atom. The van der Waals surface area contributed by atoms with E-state index < -0.39 is 17.7 Å². The van der Waals surface area contributed by atoms with Crippen LogP contribution < -0.4 is 15.5 Å². The van der Waals surface area contributed by atoms with Crippen LogP contribution in [0.25, 0.3) is 21.8 Å². The lowest BCUT2D eigenvalue weighted by atomic mass is 9.83. The van der Waals surface area contributed by atoms with Crippen molar-refractivity contribution in [2.75, 3.05) is 18.4 Å². The van der Waals surface area contributed by atoms with Crippen LogP contribution in [0.1, 0.15) is 28.0 Å². The number of carbonyl (C=O) groups is 3. The molecule has 3 heterocycles. The highest BCUT2D eigenvalue weighted by molar-refractivity contribution is 6.06. The predicted molar refractivity (Wildman–Crippen MR) is 165 cm³/mol. The minimum Gasteiger partial charge on any atom is -0.489 e. The standard InChI is InChI=1S/C34H31N5O5/c1-21-18-22(25-6-2-5-9-31(25)36-21)20-44-24-12-10-23(11-13-24)37-32(40)27-15-17-39(19-29(27)33(41)38-43)34(42)28-14-16-35-30-8-4-3-7-26(28)30/h2-14,16,18,27,29,43H,15,17,19-20H2,1H3,(H,37,40)(H,38,41)/t27-,29-/m0/s1. The Morgan fingerprint density at radius 3 is 2.41 bits per heavy atom. The smallest absolute Gasteiger partial charge is 0.254 e. The van der Waals surface area contributed by atoms with Gasteiger partial charge in [-0.25, -0.2) is 5.48 Å². The van der Waals surface area contributed by atoms with Crippen LogP contribution in [0.4, 0.5) is 5.69 Å². The number of anilines is 1. The molecular weight excluding hydrogens is 558 g/mol. The summed E-state index contributed by atoms with van der Waals surface area (Å²) in [6.45, 7) is 2.57. The third-order valence-corrected chi connectivity index (χ3v) is 8.01. The van der Waals surface area contributed by atoms with Crippen molar-refractivity contribution in [2.24, 2.45) is 11.8 Å². The number of piperidine rings is 1. The van der Waals surface area contributed by atoms with Crippen LogP contribution in [0.3, 0.4) is 0 Å². The van der Waals surface area contributed by atoms with Crippen LogP contribution in [0.2, 0.25) is 0 Å². The number of nitrogens with zero attached hydrogens (tertiary/aromatic N) is 3. The van der Waals surface area contributed by atoms with E-state index in [4.69, 9.17) is 4.74 Å². The molecule has 0 saturated carbocycles. The summed E-state index contributed by atoms with van der Waals surface area (Å²) in [5, 5.41) is 14.1. The Balaban J connectivity index is 1.11. The van der Waals surface area contributed by atoms with Gasteiger partial charge in [0.2, 0.25) is 11.8 Å². The van der Waals surface area contributed by atoms with Gasteiger partial charge in [0, 0.05) is 47.0 Å². The molecule has 1 saturated heterocycles. The molecule has 1 fully saturated rings. The van der Waals surface area contributed by atoms with Crippen LogP contribution >= 0.6 is 0 Å². The maximum absolute atomic E-state index is 13.5. The number of ether oxygens (including phenoxy) is 1. The molecule has 2 atom stereocenters. The van der Waals surface area contributed by atoms with Crippen molar-refractivity contribution >= 4 is 45.2 Å². The molecule has 3 amide bonds. The third-order valence-electron chi connectivity index (χ3n) is 8.01. The van der Waals surface area contributed by atoms with E-state index in [2.05, 4.69) is 15.3 Å². The van der Waals surface area contributed by atoms with Gasteiger partial charge in [-0.3, -0.25) is 29.6 Å². The van der Waals surface area contributed by atoms with Gasteiger partial charge in [-0.2, -0.15) is 0 Å². The topological polar surface area (TPSA) is 134 Å². The highest BCUT2D eigenvalue weighted by atomic mass is 16.5. The zero-order chi connectivity index (χ0) is 30.6. The molecule has 0 spiro atoms. The zero-order valence-corrected chi connectivity index (χ0v) is 24.1. The fraction of sp³-hybridized carbons (Fsp3) is 0.206. The molecule has 1 aliphatic rings. The van der Waals surface area contributed by atoms with Gasteiger partial charge in [-0.15, -0.1) is 0 Å². The third kappa shape index (κ3) is 5.93. The van der Waals surface area contributed by atoms with E-state index in [0.29, 0.717) is 34.5 Å². The number of aryl methyl sites for hydroxylation is 1. The van der Waals surface area contributed by atoms with Gasteiger partial charge in [-0.1, -0.05) is 36.4 Å². The van der Waals surface area contributed by atoms with Crippen molar-refractivity contribution in [1.82, 2.24) is 20.3 Å². The van der Waals surface area contributed by atoms with Crippen LogP contribution in [0, 0.1) is 18.8 Å². The first-order chi connectivity index (χ1) is 21.4. The summed E-state index contributed by atoms with van der Waals surface area (Å²) >= 11 is 0. The lowest BCUT2D eigenvalue weighted by Crippen LogP contribution is -2.52. The summed E-state index contributed by atoms with van der Waals surface area (Å²) < 4.78 is 6.03. The Hall–Kier alpha value is -5.35. The van der Waals surface area contributed by atoms with Crippen molar-refractivity contribution in [3.8, 4) is 5.75 Å². The lowest BCUT2D eigenvalue weighted by molar-refractivity contribution is -0.141. The maximum Gasteiger partial charge on any atom is 0.254 e. The number of pyridine rings is 2. The Morgan fingerprint density at radius 1 is 0.909 bits per heavy atom. The quantitative estimate of drug-likeness (QED) is 0.182. The van der Waals surface area contributed by atoms with Crippen molar-refractivity contribution in [2.45, 2.75) is 20.0 Å². The predicted octanol–water partition coefficient (Wildman–Crippen LogP) is 4.89. The number of amides is 3. The van der Waals surface area contributed by atoms with Gasteiger partial charge in [-0.05, 0) is 61.9 Å². The molecule has 10 nitrogen and oxygen atoms in total. The first kappa shape index (κ1) is 28.8. The number of nitrogens with one attached hydrogen (secondary N) is 2. The summed E-state index contributed by atoms with van der Waals surface area (Å²) in [7, 11) is 0. The highest BCUT2D eigenvalue weighted by Crippen LogP contribution is 2.29. The monoisotopic (exact) mass is 589 g/mol. The highest BCUT2D eigenvalue weighted by Gasteiger charge is 2.40. The van der Waals surface area contributed by atoms with Crippen LogP contribution in [0.15, 0.2) is 91.1 Å². The molecule has 3 aromatic carbocycles. The molecule has 2 aromatic heterocycles. The van der Waals surface area contributed by atoms with Crippen LogP contribution in [-0.2, 0) is 16.2 Å². The molecular formula is C34H31N5O5. The van der Waals surface area contributed by atoms with E-state index in [1.54, 1.807) is 46.9 Å². The zero-order valence-electron chi connectivity index (χ0n) is 24.1. The molecule has 222 valence electrons. The van der Waals surface area contributed by atoms with Crippen LogP contribution in [0.5, 0.6) is 5.75 Å². The van der Waals surface area contributed by atoms with E-state index in [1.165, 1.54) is 0 Å². The summed E-state index contributed by atoms with van der Waals surface area (Å²) in [6, 6.07) is 25.9. The molecule has 0 bridgehead atoms. The van der Waals surface area contributed by atoms with Gasteiger partial charge in [0.15, 0.2) is 0 Å². The van der Waals surface area contributed by atoms with E-state index in [1.807, 2.05) is 61.5 Å². The number of aromatic nitrogens is 2. The molecule has 44 heavy (non-hydrogen) atoms. The number of hydrogen-bond acceptors (Lipinski definition) is 7. The van der Waals surface area contributed by atoms with E-state index in [0.717, 1.165) is 22.2 Å². The van der Waals surface area contributed by atoms with Crippen molar-refractivity contribution in [3.05, 3.63) is 108 Å². The Kier molecular flexibility index (Phi) is 8.16. The molecule has 6 rings (SSSR count). The van der Waals surface area contributed by atoms with Crippen molar-refractivity contribution in [1.29, 1.82) is 0 Å². The normalized spacial score (nSPS) is 16.5. The molecule has 3 N–H and O–H groups in total. The van der Waals surface area contributed by atoms with E-state index in [9.17, 15) is 19.6 Å². The number of para-hydroxylation sites is 2. The molecule has 0 aliphatic carbocycles. The first-order valence-electron chi connectivity index (χ1n) is 14.4. The summed E-state index contributed by atoms with van der Waals surface area (Å²) in [5.74, 6) is -2.40. The number of hydrogen-bond donors (Lipinski definition) is 3. The summed E-state index contributed by atoms with van der Waals surface area (Å²) in [4.78, 5) is 49.9. The minimum atomic E-state index is -0.938. The average Bonchev–Trinajstić information content (AvgIpc) is 3.06. The fourth-order valence-corrected chi connectivity index (χ4v) is 5.80. The number of fused-ring (bicyclic) bond motifs is 2. The van der Waals surface area contributed by atoms with Crippen LogP contribution in [-0.4, -0.2) is 50.9 Å². The SMILES string of the molecule is Cc1cc(COc2ccc(NC(=O)[C@H]3CCN(C(=O)c4ccnc5ccccc45)C[C@@H]3C(=O)NO)cc2)c2ccccc2n1. The maximum atomic E-state index is 13.5. The largest absolute Gasteiger partial charge is 0.489 e. The average molecular weight is 590 g/mol. The number of carbonyl (C=O) groups excluding carboxylic acids is 3. The molecule has 10 heteroatoms. The second-order valence-corrected chi connectivity index (χ2v) is 10.8. The number of hydroxylamine groups is 1. The molecule has 0 unspecified atom stereocenters. The van der Waals surface area contributed by atoms with Crippen molar-refractivity contribution < 1.29 is 24.3 Å². The number of benzene rings is 3. The van der Waals surface area contributed by atoms with Gasteiger partial charge in [0.05, 0.1) is 28.4 Å². The van der Waals surface area contributed by atoms with E-state index >= 15 is 0 Å². The summed E-state index contributed by atoms with van der Waals surface area (Å²) in [6.07, 6.45) is 1.82. The Bertz CT molecular complexity index is 1850. The van der Waals surface area contributed by atoms with Crippen molar-refractivity contribution in [3.63, 3.8) is 0 Å². The molecule has 1 aliphatic heterocycles. The second-order valence-electron chi connectivity index (χ2n) is 10.8. The van der Waals surface area contributed by atoms with Gasteiger partial charge >= 0.3 is 0 Å². The lowest BCUT2D eigenvalue weighted by Gasteiger charge is -2.36. The van der Waals surface area contributed by atoms with Gasteiger partial charge in [0.25, 0.3) is 5.91 Å². The van der Waals surface area contributed by atoms with E-state index in [-0.39, 0.29) is 31.3 Å². The number of likely N-dealkylation sites (tertiary alicyclic amines) is 1. The molecule has 0 radical (unpaired) electrons. The van der Waals surface area contributed by atoms with Gasteiger partial charge in [0.1, 0.15) is 12.4 Å². The summed E-state index contributed by atoms with van der Waals surface area (Å²) in [5.41, 5.74) is 6.23.